The van der Waals surface area contributed by atoms with Gasteiger partial charge in [0.15, 0.2) is 5.90 Å². The van der Waals surface area contributed by atoms with E-state index < -0.39 is 0 Å². The molecule has 2 rings (SSSR count). The van der Waals surface area contributed by atoms with E-state index in [2.05, 4.69) is 23.8 Å². The molecule has 3 nitrogen and oxygen atoms in total. The molecule has 0 saturated carbocycles. The molecule has 1 unspecified atom stereocenters. The molecule has 15 heavy (non-hydrogen) atoms. The van der Waals surface area contributed by atoms with Gasteiger partial charge in [0.25, 0.3) is 0 Å². The third kappa shape index (κ3) is 2.01. The van der Waals surface area contributed by atoms with Crippen molar-refractivity contribution < 1.29 is 4.74 Å². The molecule has 0 aromatic carbocycles. The van der Waals surface area contributed by atoms with Gasteiger partial charge in [-0.2, -0.15) is 0 Å². The summed E-state index contributed by atoms with van der Waals surface area (Å²) >= 11 is 0. The van der Waals surface area contributed by atoms with E-state index in [9.17, 15) is 0 Å². The maximum absolute atomic E-state index is 5.57. The Morgan fingerprint density at radius 2 is 2.33 bits per heavy atom. The summed E-state index contributed by atoms with van der Waals surface area (Å²) in [6.07, 6.45) is 3.79. The first kappa shape index (κ1) is 10.1. The van der Waals surface area contributed by atoms with Crippen LogP contribution in [0.2, 0.25) is 0 Å². The lowest BCUT2D eigenvalue weighted by Crippen LogP contribution is -2.21. The molecular formula is C12H16N2O. The zero-order valence-electron chi connectivity index (χ0n) is 9.23. The normalized spacial score (nSPS) is 24.8. The van der Waals surface area contributed by atoms with E-state index in [1.165, 1.54) is 0 Å². The number of rotatable bonds is 3. The summed E-state index contributed by atoms with van der Waals surface area (Å²) < 4.78 is 5.57. The Balaban J connectivity index is 2.23. The van der Waals surface area contributed by atoms with Crippen LogP contribution < -0.4 is 0 Å². The quantitative estimate of drug-likeness (QED) is 0.758. The van der Waals surface area contributed by atoms with Crippen LogP contribution in [-0.4, -0.2) is 17.5 Å². The minimum Gasteiger partial charge on any atom is -0.478 e. The third-order valence-electron chi connectivity index (χ3n) is 2.57. The van der Waals surface area contributed by atoms with Crippen LogP contribution in [0.15, 0.2) is 29.4 Å². The molecule has 1 aromatic rings. The van der Waals surface area contributed by atoms with Gasteiger partial charge < -0.3 is 4.74 Å². The molecule has 0 radical (unpaired) electrons. The van der Waals surface area contributed by atoms with E-state index in [1.807, 2.05) is 18.2 Å². The lowest BCUT2D eigenvalue weighted by Gasteiger charge is -2.16. The van der Waals surface area contributed by atoms with Crippen LogP contribution in [0, 0.1) is 0 Å². The zero-order chi connectivity index (χ0) is 10.7. The Morgan fingerprint density at radius 3 is 3.00 bits per heavy atom. The first-order valence-corrected chi connectivity index (χ1v) is 5.37. The van der Waals surface area contributed by atoms with Crippen molar-refractivity contribution in [2.45, 2.75) is 32.2 Å². The summed E-state index contributed by atoms with van der Waals surface area (Å²) in [4.78, 5) is 8.95. The predicted octanol–water partition coefficient (Wildman–Crippen LogP) is 2.53. The van der Waals surface area contributed by atoms with Gasteiger partial charge in [-0.15, -0.1) is 0 Å². The van der Waals surface area contributed by atoms with Crippen molar-refractivity contribution in [3.8, 4) is 0 Å². The average molecular weight is 204 g/mol. The number of aliphatic imine (C=N–C) groups is 1. The summed E-state index contributed by atoms with van der Waals surface area (Å²) in [5.41, 5.74) is 0.697. The van der Waals surface area contributed by atoms with Crippen molar-refractivity contribution in [3.63, 3.8) is 0 Å². The van der Waals surface area contributed by atoms with Crippen LogP contribution >= 0.6 is 0 Å². The summed E-state index contributed by atoms with van der Waals surface area (Å²) in [7, 11) is 0. The van der Waals surface area contributed by atoms with Gasteiger partial charge in [-0.05, 0) is 25.5 Å². The van der Waals surface area contributed by atoms with Crippen LogP contribution in [0.1, 0.15) is 32.4 Å². The van der Waals surface area contributed by atoms with Gasteiger partial charge in [-0.1, -0.05) is 13.0 Å². The van der Waals surface area contributed by atoms with Crippen LogP contribution in [-0.2, 0) is 10.3 Å². The Kier molecular flexibility index (Phi) is 2.71. The standard InChI is InChI=1S/C12H16N2O/c1-3-6-11-14-12(2,9-15-11)10-7-4-5-8-13-10/h4-5,7-8H,3,6,9H2,1-2H3. The molecule has 80 valence electrons. The fourth-order valence-electron chi connectivity index (χ4n) is 1.72. The number of hydrogen-bond acceptors (Lipinski definition) is 3. The van der Waals surface area contributed by atoms with Gasteiger partial charge in [-0.3, -0.25) is 4.98 Å². The van der Waals surface area contributed by atoms with Gasteiger partial charge >= 0.3 is 0 Å². The summed E-state index contributed by atoms with van der Waals surface area (Å²) in [6, 6.07) is 5.90. The molecule has 1 aliphatic heterocycles. The largest absolute Gasteiger partial charge is 0.478 e. The van der Waals surface area contributed by atoms with E-state index in [1.54, 1.807) is 6.20 Å². The van der Waals surface area contributed by atoms with Crippen molar-refractivity contribution in [1.29, 1.82) is 0 Å². The van der Waals surface area contributed by atoms with Gasteiger partial charge in [0.2, 0.25) is 0 Å². The minimum atomic E-state index is -0.286. The Bertz CT molecular complexity index is 361. The monoisotopic (exact) mass is 204 g/mol. The van der Waals surface area contributed by atoms with E-state index in [-0.39, 0.29) is 5.54 Å². The topological polar surface area (TPSA) is 34.5 Å². The van der Waals surface area contributed by atoms with Gasteiger partial charge in [0.05, 0.1) is 5.69 Å². The van der Waals surface area contributed by atoms with Crippen molar-refractivity contribution in [3.05, 3.63) is 30.1 Å². The zero-order valence-corrected chi connectivity index (χ0v) is 9.23. The second-order valence-corrected chi connectivity index (χ2v) is 4.03. The highest BCUT2D eigenvalue weighted by Gasteiger charge is 2.34. The van der Waals surface area contributed by atoms with Crippen molar-refractivity contribution in [2.75, 3.05) is 6.61 Å². The molecule has 0 amide bonds. The molecule has 0 fully saturated rings. The molecule has 1 aromatic heterocycles. The summed E-state index contributed by atoms with van der Waals surface area (Å²) in [5, 5.41) is 0. The van der Waals surface area contributed by atoms with E-state index in [0.29, 0.717) is 6.61 Å². The van der Waals surface area contributed by atoms with Gasteiger partial charge in [-0.25, -0.2) is 4.99 Å². The Labute approximate surface area is 90.2 Å². The fourth-order valence-corrected chi connectivity index (χ4v) is 1.72. The van der Waals surface area contributed by atoms with E-state index in [4.69, 9.17) is 4.74 Å². The minimum absolute atomic E-state index is 0.286. The van der Waals surface area contributed by atoms with Crippen molar-refractivity contribution >= 4 is 5.90 Å². The number of pyridine rings is 1. The molecular weight excluding hydrogens is 188 g/mol. The smallest absolute Gasteiger partial charge is 0.184 e. The molecule has 0 spiro atoms. The summed E-state index contributed by atoms with van der Waals surface area (Å²) in [6.45, 7) is 4.81. The highest BCUT2D eigenvalue weighted by atomic mass is 16.5. The predicted molar refractivity (Wildman–Crippen MR) is 59.9 cm³/mol. The van der Waals surface area contributed by atoms with Gasteiger partial charge in [0, 0.05) is 12.6 Å². The lowest BCUT2D eigenvalue weighted by atomic mass is 10.00. The maximum Gasteiger partial charge on any atom is 0.184 e. The number of hydrogen-bond donors (Lipinski definition) is 0. The van der Waals surface area contributed by atoms with Crippen LogP contribution in [0.4, 0.5) is 0 Å². The van der Waals surface area contributed by atoms with E-state index in [0.717, 1.165) is 24.4 Å². The highest BCUT2D eigenvalue weighted by molar-refractivity contribution is 5.78. The second-order valence-electron chi connectivity index (χ2n) is 4.03. The maximum atomic E-state index is 5.57. The molecule has 1 aliphatic rings. The van der Waals surface area contributed by atoms with Crippen molar-refractivity contribution in [1.82, 2.24) is 4.98 Å². The number of aromatic nitrogens is 1. The van der Waals surface area contributed by atoms with Crippen LogP contribution in [0.25, 0.3) is 0 Å². The molecule has 0 aliphatic carbocycles. The lowest BCUT2D eigenvalue weighted by molar-refractivity contribution is 0.261. The molecule has 2 heterocycles. The van der Waals surface area contributed by atoms with E-state index >= 15 is 0 Å². The first-order chi connectivity index (χ1) is 7.24. The molecule has 1 atom stereocenters. The highest BCUT2D eigenvalue weighted by Crippen LogP contribution is 2.29. The SMILES string of the molecule is CCCC1=NC(C)(c2ccccn2)CO1. The number of nitrogens with zero attached hydrogens (tertiary/aromatic N) is 2. The van der Waals surface area contributed by atoms with Crippen LogP contribution in [0.3, 0.4) is 0 Å². The third-order valence-corrected chi connectivity index (χ3v) is 2.57. The second kappa shape index (κ2) is 4.01. The Hall–Kier alpha value is -1.38. The van der Waals surface area contributed by atoms with Crippen molar-refractivity contribution in [2.24, 2.45) is 4.99 Å². The molecule has 0 bridgehead atoms. The van der Waals surface area contributed by atoms with Crippen LogP contribution in [0.5, 0.6) is 0 Å². The molecule has 0 N–H and O–H groups in total. The Morgan fingerprint density at radius 1 is 1.47 bits per heavy atom. The molecule has 3 heteroatoms. The average Bonchev–Trinajstić information content (AvgIpc) is 2.64. The number of ether oxygens (including phenoxy) is 1. The fraction of sp³-hybridized carbons (Fsp3) is 0.500. The summed E-state index contributed by atoms with van der Waals surface area (Å²) in [5.74, 6) is 0.866. The van der Waals surface area contributed by atoms with Gasteiger partial charge in [0.1, 0.15) is 12.1 Å². The molecule has 0 saturated heterocycles. The first-order valence-electron chi connectivity index (χ1n) is 5.37.